The fraction of sp³-hybridized carbons (Fsp3) is 0.364. The largest absolute Gasteiger partial charge is 0.330 e. The number of hydrogen-bond donors (Lipinski definition) is 1. The van der Waals surface area contributed by atoms with Crippen molar-refractivity contribution < 1.29 is 9.18 Å². The molecule has 0 heterocycles. The number of rotatable bonds is 4. The Hall–Kier alpha value is -1.22. The van der Waals surface area contributed by atoms with Gasteiger partial charge in [-0.25, -0.2) is 4.39 Å². The molecule has 1 atom stereocenters. The van der Waals surface area contributed by atoms with Crippen LogP contribution in [-0.4, -0.2) is 12.3 Å². The fourth-order valence-corrected chi connectivity index (χ4v) is 1.30. The van der Waals surface area contributed by atoms with E-state index in [1.165, 1.54) is 12.1 Å². The first-order valence-corrected chi connectivity index (χ1v) is 4.63. The van der Waals surface area contributed by atoms with Gasteiger partial charge in [0, 0.05) is 12.3 Å². The number of hydrogen-bond acceptors (Lipinski definition) is 2. The molecule has 2 nitrogen and oxygen atoms in total. The van der Waals surface area contributed by atoms with Crippen molar-refractivity contribution in [2.45, 2.75) is 19.3 Å². The monoisotopic (exact) mass is 195 g/mol. The highest BCUT2D eigenvalue weighted by molar-refractivity contribution is 5.85. The SMILES string of the molecule is CC(C(=O)CCN)c1ccc(F)cc1. The van der Waals surface area contributed by atoms with Crippen molar-refractivity contribution in [3.8, 4) is 0 Å². The molecule has 0 aliphatic carbocycles. The Kier molecular flexibility index (Phi) is 3.77. The quantitative estimate of drug-likeness (QED) is 0.796. The second-order valence-corrected chi connectivity index (χ2v) is 3.28. The van der Waals surface area contributed by atoms with Gasteiger partial charge in [0.15, 0.2) is 0 Å². The smallest absolute Gasteiger partial charge is 0.141 e. The van der Waals surface area contributed by atoms with Gasteiger partial charge < -0.3 is 5.73 Å². The van der Waals surface area contributed by atoms with Crippen molar-refractivity contribution in [2.24, 2.45) is 5.73 Å². The minimum Gasteiger partial charge on any atom is -0.330 e. The molecule has 0 bridgehead atoms. The van der Waals surface area contributed by atoms with Crippen LogP contribution in [0.15, 0.2) is 24.3 Å². The van der Waals surface area contributed by atoms with E-state index >= 15 is 0 Å². The minimum atomic E-state index is -0.285. The second kappa shape index (κ2) is 4.86. The molecule has 1 aromatic rings. The number of nitrogens with two attached hydrogens (primary N) is 1. The summed E-state index contributed by atoms with van der Waals surface area (Å²) in [5.74, 6) is -0.384. The Bertz CT molecular complexity index is 308. The Morgan fingerprint density at radius 2 is 2.00 bits per heavy atom. The van der Waals surface area contributed by atoms with Gasteiger partial charge in [-0.2, -0.15) is 0 Å². The second-order valence-electron chi connectivity index (χ2n) is 3.28. The van der Waals surface area contributed by atoms with Crippen molar-refractivity contribution in [3.63, 3.8) is 0 Å². The molecule has 0 radical (unpaired) electrons. The number of carbonyl (C=O) groups is 1. The molecule has 14 heavy (non-hydrogen) atoms. The first-order chi connectivity index (χ1) is 6.65. The summed E-state index contributed by atoms with van der Waals surface area (Å²) < 4.78 is 12.6. The molecule has 76 valence electrons. The van der Waals surface area contributed by atoms with Crippen molar-refractivity contribution in [3.05, 3.63) is 35.6 Å². The lowest BCUT2D eigenvalue weighted by Crippen LogP contribution is -2.14. The van der Waals surface area contributed by atoms with Gasteiger partial charge in [-0.3, -0.25) is 4.79 Å². The molecule has 0 aromatic heterocycles. The average Bonchev–Trinajstić information content (AvgIpc) is 2.18. The summed E-state index contributed by atoms with van der Waals surface area (Å²) in [6, 6.07) is 5.99. The molecule has 0 aliphatic rings. The van der Waals surface area contributed by atoms with Gasteiger partial charge in [-0.1, -0.05) is 19.1 Å². The van der Waals surface area contributed by atoms with E-state index in [2.05, 4.69) is 0 Å². The van der Waals surface area contributed by atoms with Crippen LogP contribution < -0.4 is 5.73 Å². The summed E-state index contributed by atoms with van der Waals surface area (Å²) in [5, 5.41) is 0. The van der Waals surface area contributed by atoms with Gasteiger partial charge in [0.1, 0.15) is 11.6 Å². The van der Waals surface area contributed by atoms with E-state index in [1.54, 1.807) is 12.1 Å². The summed E-state index contributed by atoms with van der Waals surface area (Å²) in [5.41, 5.74) is 6.13. The highest BCUT2D eigenvalue weighted by Crippen LogP contribution is 2.17. The highest BCUT2D eigenvalue weighted by Gasteiger charge is 2.13. The summed E-state index contributed by atoms with van der Waals surface area (Å²) in [6.07, 6.45) is 0.374. The lowest BCUT2D eigenvalue weighted by molar-refractivity contribution is -0.119. The predicted molar refractivity (Wildman–Crippen MR) is 53.5 cm³/mol. The maximum atomic E-state index is 12.6. The van der Waals surface area contributed by atoms with E-state index in [0.29, 0.717) is 13.0 Å². The van der Waals surface area contributed by atoms with Crippen molar-refractivity contribution in [1.82, 2.24) is 0 Å². The van der Waals surface area contributed by atoms with Crippen molar-refractivity contribution in [1.29, 1.82) is 0 Å². The van der Waals surface area contributed by atoms with Crippen LogP contribution in [0.4, 0.5) is 4.39 Å². The van der Waals surface area contributed by atoms with Gasteiger partial charge in [0.05, 0.1) is 0 Å². The topological polar surface area (TPSA) is 43.1 Å². The molecule has 1 unspecified atom stereocenters. The van der Waals surface area contributed by atoms with E-state index in [0.717, 1.165) is 5.56 Å². The third-order valence-electron chi connectivity index (χ3n) is 2.24. The summed E-state index contributed by atoms with van der Waals surface area (Å²) in [7, 11) is 0. The fourth-order valence-electron chi connectivity index (χ4n) is 1.30. The average molecular weight is 195 g/mol. The third-order valence-corrected chi connectivity index (χ3v) is 2.24. The van der Waals surface area contributed by atoms with Crippen LogP contribution in [0.5, 0.6) is 0 Å². The zero-order valence-electron chi connectivity index (χ0n) is 8.16. The van der Waals surface area contributed by atoms with Crippen LogP contribution in [0.2, 0.25) is 0 Å². The third kappa shape index (κ3) is 2.64. The van der Waals surface area contributed by atoms with Crippen LogP contribution in [0, 0.1) is 5.82 Å². The molecule has 0 fully saturated rings. The summed E-state index contributed by atoms with van der Waals surface area (Å²) in [4.78, 5) is 11.5. The van der Waals surface area contributed by atoms with Crippen LogP contribution in [-0.2, 0) is 4.79 Å². The molecule has 0 amide bonds. The van der Waals surface area contributed by atoms with Crippen LogP contribution in [0.25, 0.3) is 0 Å². The van der Waals surface area contributed by atoms with E-state index in [1.807, 2.05) is 6.92 Å². The van der Waals surface area contributed by atoms with Crippen molar-refractivity contribution >= 4 is 5.78 Å². The molecule has 1 rings (SSSR count). The van der Waals surface area contributed by atoms with Gasteiger partial charge in [0.25, 0.3) is 0 Å². The summed E-state index contributed by atoms with van der Waals surface area (Å²) >= 11 is 0. The van der Waals surface area contributed by atoms with E-state index in [-0.39, 0.29) is 17.5 Å². The first kappa shape index (κ1) is 10.9. The summed E-state index contributed by atoms with van der Waals surface area (Å²) in [6.45, 7) is 2.18. The van der Waals surface area contributed by atoms with Gasteiger partial charge in [-0.05, 0) is 24.2 Å². The van der Waals surface area contributed by atoms with Crippen LogP contribution in [0.1, 0.15) is 24.8 Å². The standard InChI is InChI=1S/C11H14FNO/c1-8(11(14)6-7-13)9-2-4-10(12)5-3-9/h2-5,8H,6-7,13H2,1H3. The molecule has 0 saturated heterocycles. The molecule has 3 heteroatoms. The number of halogens is 1. The lowest BCUT2D eigenvalue weighted by atomic mass is 9.95. The molecule has 1 aromatic carbocycles. The maximum Gasteiger partial charge on any atom is 0.141 e. The van der Waals surface area contributed by atoms with Gasteiger partial charge in [0.2, 0.25) is 0 Å². The van der Waals surface area contributed by atoms with Gasteiger partial charge in [-0.15, -0.1) is 0 Å². The normalized spacial score (nSPS) is 12.5. The minimum absolute atomic E-state index is 0.0964. The highest BCUT2D eigenvalue weighted by atomic mass is 19.1. The lowest BCUT2D eigenvalue weighted by Gasteiger charge is -2.09. The number of ketones is 1. The molecule has 0 spiro atoms. The predicted octanol–water partition coefficient (Wildman–Crippen LogP) is 1.85. The van der Waals surface area contributed by atoms with Crippen LogP contribution in [0.3, 0.4) is 0 Å². The van der Waals surface area contributed by atoms with E-state index in [9.17, 15) is 9.18 Å². The zero-order valence-corrected chi connectivity index (χ0v) is 8.16. The first-order valence-electron chi connectivity index (χ1n) is 4.63. The maximum absolute atomic E-state index is 12.6. The number of carbonyl (C=O) groups excluding carboxylic acids is 1. The number of benzene rings is 1. The number of Topliss-reactive ketones (excluding diaryl/α,β-unsaturated/α-hetero) is 1. The molecular weight excluding hydrogens is 181 g/mol. The Morgan fingerprint density at radius 3 is 2.50 bits per heavy atom. The zero-order chi connectivity index (χ0) is 10.6. The van der Waals surface area contributed by atoms with E-state index < -0.39 is 0 Å². The Balaban J connectivity index is 2.73. The molecule has 0 saturated carbocycles. The van der Waals surface area contributed by atoms with Gasteiger partial charge >= 0.3 is 0 Å². The van der Waals surface area contributed by atoms with Crippen molar-refractivity contribution in [2.75, 3.05) is 6.54 Å². The molecule has 0 aliphatic heterocycles. The molecular formula is C11H14FNO. The Labute approximate surface area is 82.9 Å². The van der Waals surface area contributed by atoms with E-state index in [4.69, 9.17) is 5.73 Å². The van der Waals surface area contributed by atoms with Crippen LogP contribution >= 0.6 is 0 Å². The Morgan fingerprint density at radius 1 is 1.43 bits per heavy atom. The molecule has 2 N–H and O–H groups in total.